The molecule has 366 valence electrons. The van der Waals surface area contributed by atoms with Crippen molar-refractivity contribution in [2.75, 3.05) is 50.1 Å². The van der Waals surface area contributed by atoms with Crippen LogP contribution in [0.5, 0.6) is 0 Å². The van der Waals surface area contributed by atoms with E-state index >= 15 is 0 Å². The van der Waals surface area contributed by atoms with E-state index in [0.29, 0.717) is 39.0 Å². The summed E-state index contributed by atoms with van der Waals surface area (Å²) in [4.78, 5) is 89.4. The lowest BCUT2D eigenvalue weighted by atomic mass is 9.85. The van der Waals surface area contributed by atoms with Crippen LogP contribution >= 0.6 is 0 Å². The molecule has 14 heteroatoms. The maximum Gasteiger partial charge on any atom is 0.246 e. The SMILES string of the molecule is CN[C@@H](C)C(=O)N[C@H](C(=O)N1CCC[C@H]1CN(C(=O)CCCCCCCCC(=O)N(C[C@@H]1CCCN1C(=O)[C@@H](NC(=O)[C@H](C)NC)C(C)(C)C)c1ccccc1)c1ccccc1)C(C)(C)C. The Morgan fingerprint density at radius 3 is 1.21 bits per heavy atom. The monoisotopic (exact) mass is 915 g/mol. The number of carbonyl (C=O) groups is 6. The van der Waals surface area contributed by atoms with E-state index in [4.69, 9.17) is 0 Å². The Morgan fingerprint density at radius 1 is 0.561 bits per heavy atom. The first-order valence-corrected chi connectivity index (χ1v) is 24.6. The van der Waals surface area contributed by atoms with Crippen molar-refractivity contribution in [3.05, 3.63) is 60.7 Å². The fraction of sp³-hybridized carbons (Fsp3) is 0.654. The zero-order valence-electron chi connectivity index (χ0n) is 41.8. The van der Waals surface area contributed by atoms with Crippen LogP contribution in [0.4, 0.5) is 11.4 Å². The summed E-state index contributed by atoms with van der Waals surface area (Å²) in [6.45, 7) is 17.2. The number of hydrogen-bond donors (Lipinski definition) is 4. The first-order valence-electron chi connectivity index (χ1n) is 24.6. The lowest BCUT2D eigenvalue weighted by Crippen LogP contribution is -2.59. The van der Waals surface area contributed by atoms with E-state index in [1.807, 2.05) is 122 Å². The van der Waals surface area contributed by atoms with Crippen molar-refractivity contribution in [3.63, 3.8) is 0 Å². The summed E-state index contributed by atoms with van der Waals surface area (Å²) in [7, 11) is 3.44. The number of benzene rings is 2. The van der Waals surface area contributed by atoms with Crippen LogP contribution in [-0.4, -0.2) is 122 Å². The second-order valence-corrected chi connectivity index (χ2v) is 20.6. The van der Waals surface area contributed by atoms with E-state index < -0.39 is 35.0 Å². The van der Waals surface area contributed by atoms with Crippen LogP contribution in [0.1, 0.15) is 132 Å². The summed E-state index contributed by atoms with van der Waals surface area (Å²) < 4.78 is 0. The van der Waals surface area contributed by atoms with E-state index in [9.17, 15) is 28.8 Å². The molecule has 4 N–H and O–H groups in total. The van der Waals surface area contributed by atoms with Crippen molar-refractivity contribution in [1.29, 1.82) is 0 Å². The number of anilines is 2. The molecular formula is C52H82N8O6. The lowest BCUT2D eigenvalue weighted by Gasteiger charge is -2.37. The number of likely N-dealkylation sites (tertiary alicyclic amines) is 2. The summed E-state index contributed by atoms with van der Waals surface area (Å²) in [5.41, 5.74) is 0.602. The second-order valence-electron chi connectivity index (χ2n) is 20.6. The molecule has 4 rings (SSSR count). The van der Waals surface area contributed by atoms with Gasteiger partial charge in [-0.3, -0.25) is 28.8 Å². The molecule has 2 heterocycles. The summed E-state index contributed by atoms with van der Waals surface area (Å²) in [6, 6.07) is 16.7. The van der Waals surface area contributed by atoms with Gasteiger partial charge in [0.05, 0.1) is 12.1 Å². The predicted molar refractivity (Wildman–Crippen MR) is 264 cm³/mol. The molecule has 0 bridgehead atoms. The number of unbranched alkanes of at least 4 members (excludes halogenated alkanes) is 5. The van der Waals surface area contributed by atoms with Gasteiger partial charge in [0.15, 0.2) is 0 Å². The maximum absolute atomic E-state index is 14.1. The van der Waals surface area contributed by atoms with E-state index in [1.54, 1.807) is 27.9 Å². The molecule has 2 aliphatic heterocycles. The number of nitrogens with one attached hydrogen (secondary N) is 4. The molecule has 6 atom stereocenters. The molecule has 0 spiro atoms. The molecule has 0 unspecified atom stereocenters. The van der Waals surface area contributed by atoms with Crippen molar-refractivity contribution in [1.82, 2.24) is 31.1 Å². The van der Waals surface area contributed by atoms with E-state index in [0.717, 1.165) is 75.6 Å². The van der Waals surface area contributed by atoms with Crippen LogP contribution in [-0.2, 0) is 28.8 Å². The van der Waals surface area contributed by atoms with Crippen LogP contribution in [0.25, 0.3) is 0 Å². The average Bonchev–Trinajstić information content (AvgIpc) is 3.97. The zero-order chi connectivity index (χ0) is 48.6. The number of carbonyl (C=O) groups excluding carboxylic acids is 6. The highest BCUT2D eigenvalue weighted by Crippen LogP contribution is 2.30. The van der Waals surface area contributed by atoms with Crippen LogP contribution in [0, 0.1) is 10.8 Å². The average molecular weight is 915 g/mol. The highest BCUT2D eigenvalue weighted by Gasteiger charge is 2.42. The normalized spacial score (nSPS) is 18.3. The third-order valence-electron chi connectivity index (χ3n) is 13.3. The number of amides is 6. The Labute approximate surface area is 395 Å². The standard InChI is InChI=1S/C52H82N8O6/c1-37(53-9)47(63)55-45(51(3,4)5)49(65)57-33-23-29-41(57)35-59(39-25-17-15-18-26-39)43(61)31-21-13-11-12-14-22-32-44(62)60(40-27-19-16-20-28-40)36-42-30-24-34-58(42)50(66)46(52(6,7)8)56-48(64)38(2)54-10/h15-20,25-28,37-38,41-42,45-46,53-54H,11-14,21-24,29-36H2,1-10H3,(H,55,63)(H,56,64)/t37-,38-,41-,42-,45+,46+/m0/s1. The largest absolute Gasteiger partial charge is 0.342 e. The molecule has 0 aliphatic carbocycles. The smallest absolute Gasteiger partial charge is 0.246 e. The Bertz CT molecular complexity index is 1750. The van der Waals surface area contributed by atoms with Crippen LogP contribution in [0.2, 0.25) is 0 Å². The van der Waals surface area contributed by atoms with Crippen LogP contribution < -0.4 is 31.1 Å². The summed E-state index contributed by atoms with van der Waals surface area (Å²) in [5.74, 6) is -0.620. The summed E-state index contributed by atoms with van der Waals surface area (Å²) in [5, 5.41) is 11.9. The number of hydrogen-bond acceptors (Lipinski definition) is 8. The number of likely N-dealkylation sites (N-methyl/N-ethyl adjacent to an activating group) is 2. The van der Waals surface area contributed by atoms with Crippen molar-refractivity contribution < 1.29 is 28.8 Å². The minimum absolute atomic E-state index is 0.0280. The molecule has 66 heavy (non-hydrogen) atoms. The van der Waals surface area contributed by atoms with Gasteiger partial charge in [0.25, 0.3) is 0 Å². The minimum atomic E-state index is -0.704. The lowest BCUT2D eigenvalue weighted by molar-refractivity contribution is -0.140. The van der Waals surface area contributed by atoms with Crippen LogP contribution in [0.3, 0.4) is 0 Å². The van der Waals surface area contributed by atoms with Gasteiger partial charge in [-0.1, -0.05) is 104 Å². The Balaban J connectivity index is 1.30. The van der Waals surface area contributed by atoms with Gasteiger partial charge in [0.2, 0.25) is 35.4 Å². The molecule has 6 amide bonds. The Morgan fingerprint density at radius 2 is 0.894 bits per heavy atom. The Kier molecular flexibility index (Phi) is 20.7. The molecule has 0 saturated carbocycles. The van der Waals surface area contributed by atoms with Crippen LogP contribution in [0.15, 0.2) is 60.7 Å². The maximum atomic E-state index is 14.1. The van der Waals surface area contributed by atoms with Crippen molar-refractivity contribution in [2.24, 2.45) is 10.8 Å². The van der Waals surface area contributed by atoms with E-state index in [-0.39, 0.29) is 47.5 Å². The molecule has 2 saturated heterocycles. The molecule has 2 fully saturated rings. The first kappa shape index (κ1) is 53.8. The Hall–Kier alpha value is -4.82. The van der Waals surface area contributed by atoms with Gasteiger partial charge in [-0.25, -0.2) is 0 Å². The van der Waals surface area contributed by atoms with Gasteiger partial charge in [-0.2, -0.15) is 0 Å². The number of nitrogens with zero attached hydrogens (tertiary/aromatic N) is 4. The fourth-order valence-corrected chi connectivity index (χ4v) is 8.93. The van der Waals surface area contributed by atoms with Crippen molar-refractivity contribution in [3.8, 4) is 0 Å². The van der Waals surface area contributed by atoms with Gasteiger partial charge >= 0.3 is 0 Å². The van der Waals surface area contributed by atoms with Gasteiger partial charge in [-0.15, -0.1) is 0 Å². The second kappa shape index (κ2) is 25.4. The van der Waals surface area contributed by atoms with Crippen molar-refractivity contribution in [2.45, 2.75) is 169 Å². The predicted octanol–water partition coefficient (Wildman–Crippen LogP) is 6.43. The van der Waals surface area contributed by atoms with E-state index in [1.165, 1.54) is 0 Å². The van der Waals surface area contributed by atoms with Gasteiger partial charge < -0.3 is 40.9 Å². The van der Waals surface area contributed by atoms with E-state index in [2.05, 4.69) is 21.3 Å². The molecule has 14 nitrogen and oxygen atoms in total. The molecule has 0 aromatic heterocycles. The van der Waals surface area contributed by atoms with Gasteiger partial charge in [-0.05, 0) is 102 Å². The topological polar surface area (TPSA) is 163 Å². The van der Waals surface area contributed by atoms with Crippen molar-refractivity contribution >= 4 is 46.8 Å². The third kappa shape index (κ3) is 15.4. The molecule has 2 aliphatic rings. The summed E-state index contributed by atoms with van der Waals surface area (Å²) in [6.07, 6.45) is 9.15. The quantitative estimate of drug-likeness (QED) is 0.0928. The number of para-hydroxylation sites is 2. The highest BCUT2D eigenvalue weighted by molar-refractivity contribution is 5.95. The minimum Gasteiger partial charge on any atom is -0.342 e. The highest BCUT2D eigenvalue weighted by atomic mass is 16.2. The van der Waals surface area contributed by atoms with Gasteiger partial charge in [0, 0.05) is 62.5 Å². The van der Waals surface area contributed by atoms with Gasteiger partial charge in [0.1, 0.15) is 12.1 Å². The molecule has 0 radical (unpaired) electrons. The summed E-state index contributed by atoms with van der Waals surface area (Å²) >= 11 is 0. The molecular weight excluding hydrogens is 833 g/mol. The molecule has 2 aromatic rings. The first-order chi connectivity index (χ1) is 31.3. The number of rotatable bonds is 23. The zero-order valence-corrected chi connectivity index (χ0v) is 41.8. The third-order valence-corrected chi connectivity index (χ3v) is 13.3. The fourth-order valence-electron chi connectivity index (χ4n) is 8.93. The molecule has 2 aromatic carbocycles.